The molecule has 1 aromatic heterocycles. The van der Waals surface area contributed by atoms with Gasteiger partial charge in [0.2, 0.25) is 5.89 Å². The second kappa shape index (κ2) is 6.33. The van der Waals surface area contributed by atoms with Crippen molar-refractivity contribution in [1.82, 2.24) is 10.1 Å². The fourth-order valence-electron chi connectivity index (χ4n) is 2.00. The minimum absolute atomic E-state index is 0.0143. The van der Waals surface area contributed by atoms with Gasteiger partial charge in [0.15, 0.2) is 5.82 Å². The zero-order valence-electron chi connectivity index (χ0n) is 11.4. The van der Waals surface area contributed by atoms with Crippen molar-refractivity contribution in [3.63, 3.8) is 0 Å². The largest absolute Gasteiger partial charge is 0.339 e. The highest BCUT2D eigenvalue weighted by molar-refractivity contribution is 6.30. The number of hydrogen-bond donors (Lipinski definition) is 1. The Labute approximate surface area is 122 Å². The number of nitrogens with zero attached hydrogens (tertiary/aromatic N) is 2. The van der Waals surface area contributed by atoms with Gasteiger partial charge >= 0.3 is 0 Å². The summed E-state index contributed by atoms with van der Waals surface area (Å²) in [4.78, 5) is 4.30. The van der Waals surface area contributed by atoms with Crippen LogP contribution in [0, 0.1) is 11.7 Å². The molecule has 0 aliphatic rings. The first-order chi connectivity index (χ1) is 9.52. The van der Waals surface area contributed by atoms with Crippen LogP contribution in [0.5, 0.6) is 0 Å². The molecule has 0 amide bonds. The number of benzene rings is 1. The maximum absolute atomic E-state index is 13.8. The Hall–Kier alpha value is -1.46. The van der Waals surface area contributed by atoms with Crippen molar-refractivity contribution in [3.05, 3.63) is 46.3 Å². The van der Waals surface area contributed by atoms with Gasteiger partial charge in [0, 0.05) is 13.0 Å². The van der Waals surface area contributed by atoms with Crippen molar-refractivity contribution in [1.29, 1.82) is 0 Å². The maximum atomic E-state index is 13.8. The third-order valence-electron chi connectivity index (χ3n) is 3.24. The van der Waals surface area contributed by atoms with Crippen LogP contribution >= 0.6 is 11.6 Å². The molecule has 0 aliphatic heterocycles. The Kier molecular flexibility index (Phi) is 4.73. The summed E-state index contributed by atoms with van der Waals surface area (Å²) < 4.78 is 19.0. The molecule has 4 nitrogen and oxygen atoms in total. The van der Waals surface area contributed by atoms with Crippen LogP contribution in [0.3, 0.4) is 0 Å². The van der Waals surface area contributed by atoms with E-state index >= 15 is 0 Å². The van der Waals surface area contributed by atoms with Crippen molar-refractivity contribution in [2.24, 2.45) is 11.7 Å². The summed E-state index contributed by atoms with van der Waals surface area (Å²) in [6.45, 7) is 4.51. The SMILES string of the molecule is CC(C)C(CN)c1nc(Cc2cccc(Cl)c2F)no1. The highest BCUT2D eigenvalue weighted by Gasteiger charge is 2.21. The van der Waals surface area contributed by atoms with E-state index in [0.717, 1.165) is 0 Å². The third-order valence-corrected chi connectivity index (χ3v) is 3.53. The number of hydrogen-bond acceptors (Lipinski definition) is 4. The Balaban J connectivity index is 2.19. The molecule has 0 bridgehead atoms. The molecular weight excluding hydrogens is 281 g/mol. The highest BCUT2D eigenvalue weighted by Crippen LogP contribution is 2.23. The van der Waals surface area contributed by atoms with Gasteiger partial charge in [-0.05, 0) is 17.5 Å². The van der Waals surface area contributed by atoms with Gasteiger partial charge in [-0.1, -0.05) is 42.7 Å². The van der Waals surface area contributed by atoms with Crippen molar-refractivity contribution in [2.75, 3.05) is 6.54 Å². The summed E-state index contributed by atoms with van der Waals surface area (Å²) in [6, 6.07) is 4.85. The predicted octanol–water partition coefficient (Wildman–Crippen LogP) is 3.15. The molecule has 0 spiro atoms. The molecule has 0 aliphatic carbocycles. The first kappa shape index (κ1) is 14.9. The van der Waals surface area contributed by atoms with Gasteiger partial charge in [-0.15, -0.1) is 0 Å². The summed E-state index contributed by atoms with van der Waals surface area (Å²) in [6.07, 6.45) is 0.241. The fourth-order valence-corrected chi connectivity index (χ4v) is 2.20. The van der Waals surface area contributed by atoms with E-state index in [1.165, 1.54) is 6.07 Å². The molecule has 1 aromatic carbocycles. The van der Waals surface area contributed by atoms with Gasteiger partial charge < -0.3 is 10.3 Å². The lowest BCUT2D eigenvalue weighted by atomic mass is 9.96. The molecule has 2 aromatic rings. The Morgan fingerprint density at radius 3 is 2.80 bits per heavy atom. The molecule has 1 atom stereocenters. The molecule has 0 radical (unpaired) electrons. The van der Waals surface area contributed by atoms with E-state index in [1.807, 2.05) is 13.8 Å². The second-order valence-electron chi connectivity index (χ2n) is 5.02. The van der Waals surface area contributed by atoms with Crippen LogP contribution in [-0.2, 0) is 6.42 Å². The normalized spacial score (nSPS) is 12.9. The summed E-state index contributed by atoms with van der Waals surface area (Å²) in [5.41, 5.74) is 6.15. The summed E-state index contributed by atoms with van der Waals surface area (Å²) in [5.74, 6) is 0.802. The lowest BCUT2D eigenvalue weighted by molar-refractivity contribution is 0.322. The van der Waals surface area contributed by atoms with E-state index < -0.39 is 5.82 Å². The number of halogens is 2. The predicted molar refractivity (Wildman–Crippen MR) is 75.1 cm³/mol. The van der Waals surface area contributed by atoms with Gasteiger partial charge in [-0.2, -0.15) is 4.98 Å². The highest BCUT2D eigenvalue weighted by atomic mass is 35.5. The van der Waals surface area contributed by atoms with Crippen LogP contribution in [0.15, 0.2) is 22.7 Å². The van der Waals surface area contributed by atoms with Crippen LogP contribution in [0.2, 0.25) is 5.02 Å². The summed E-state index contributed by atoms with van der Waals surface area (Å²) in [7, 11) is 0. The van der Waals surface area contributed by atoms with E-state index in [2.05, 4.69) is 10.1 Å². The van der Waals surface area contributed by atoms with Crippen LogP contribution in [0.1, 0.15) is 37.0 Å². The molecule has 0 saturated heterocycles. The lowest BCUT2D eigenvalue weighted by Gasteiger charge is -2.13. The van der Waals surface area contributed by atoms with Crippen LogP contribution in [0.25, 0.3) is 0 Å². The zero-order valence-corrected chi connectivity index (χ0v) is 12.2. The van der Waals surface area contributed by atoms with Gasteiger partial charge in [-0.25, -0.2) is 4.39 Å². The zero-order chi connectivity index (χ0) is 14.7. The van der Waals surface area contributed by atoms with Gasteiger partial charge in [-0.3, -0.25) is 0 Å². The van der Waals surface area contributed by atoms with Gasteiger partial charge in [0.05, 0.1) is 10.9 Å². The minimum Gasteiger partial charge on any atom is -0.339 e. The van der Waals surface area contributed by atoms with E-state index in [-0.39, 0.29) is 17.4 Å². The quantitative estimate of drug-likeness (QED) is 0.920. The average Bonchev–Trinajstić information content (AvgIpc) is 2.84. The Morgan fingerprint density at radius 2 is 2.15 bits per heavy atom. The number of aromatic nitrogens is 2. The molecule has 1 heterocycles. The van der Waals surface area contributed by atoms with E-state index in [0.29, 0.717) is 29.7 Å². The molecule has 0 fully saturated rings. The average molecular weight is 298 g/mol. The van der Waals surface area contributed by atoms with Crippen molar-refractivity contribution in [3.8, 4) is 0 Å². The lowest BCUT2D eigenvalue weighted by Crippen LogP contribution is -2.18. The minimum atomic E-state index is -0.445. The molecule has 0 saturated carbocycles. The molecule has 1 unspecified atom stereocenters. The first-order valence-corrected chi connectivity index (χ1v) is 6.86. The van der Waals surface area contributed by atoms with E-state index in [1.54, 1.807) is 12.1 Å². The van der Waals surface area contributed by atoms with Crippen molar-refractivity contribution < 1.29 is 8.91 Å². The maximum Gasteiger partial charge on any atom is 0.231 e. The van der Waals surface area contributed by atoms with Gasteiger partial charge in [0.25, 0.3) is 0 Å². The van der Waals surface area contributed by atoms with Gasteiger partial charge in [0.1, 0.15) is 5.82 Å². The molecule has 2 N–H and O–H groups in total. The van der Waals surface area contributed by atoms with E-state index in [9.17, 15) is 4.39 Å². The molecule has 6 heteroatoms. The third kappa shape index (κ3) is 3.16. The van der Waals surface area contributed by atoms with Crippen LogP contribution in [0.4, 0.5) is 4.39 Å². The number of rotatable bonds is 5. The molecule has 108 valence electrons. The first-order valence-electron chi connectivity index (χ1n) is 6.48. The Morgan fingerprint density at radius 1 is 1.40 bits per heavy atom. The topological polar surface area (TPSA) is 64.9 Å². The van der Waals surface area contributed by atoms with Crippen LogP contribution < -0.4 is 5.73 Å². The summed E-state index contributed by atoms with van der Waals surface area (Å²) >= 11 is 5.74. The Bertz CT molecular complexity index is 586. The van der Waals surface area contributed by atoms with Crippen molar-refractivity contribution >= 4 is 11.6 Å². The van der Waals surface area contributed by atoms with Crippen molar-refractivity contribution in [2.45, 2.75) is 26.2 Å². The molecule has 2 rings (SSSR count). The van der Waals surface area contributed by atoms with Crippen LogP contribution in [-0.4, -0.2) is 16.7 Å². The number of nitrogens with two attached hydrogens (primary N) is 1. The smallest absolute Gasteiger partial charge is 0.231 e. The second-order valence-corrected chi connectivity index (χ2v) is 5.43. The molecule has 20 heavy (non-hydrogen) atoms. The molecular formula is C14H17ClFN3O. The standard InChI is InChI=1S/C14H17ClFN3O/c1-8(2)10(7-17)14-18-12(19-20-14)6-9-4-3-5-11(15)13(9)16/h3-5,8,10H,6-7,17H2,1-2H3. The monoisotopic (exact) mass is 297 g/mol. The summed E-state index contributed by atoms with van der Waals surface area (Å²) in [5, 5.41) is 3.97. The fraction of sp³-hybridized carbons (Fsp3) is 0.429. The van der Waals surface area contributed by atoms with E-state index in [4.69, 9.17) is 21.9 Å².